The lowest BCUT2D eigenvalue weighted by Gasteiger charge is -2.15. The van der Waals surface area contributed by atoms with Gasteiger partial charge in [0, 0.05) is 11.1 Å². The van der Waals surface area contributed by atoms with Crippen LogP contribution in [-0.4, -0.2) is 4.98 Å². The lowest BCUT2D eigenvalue weighted by Crippen LogP contribution is -2.04. The van der Waals surface area contributed by atoms with E-state index in [-0.39, 0.29) is 5.82 Å². The molecule has 0 saturated heterocycles. The number of nitrogen functional groups attached to an aromatic ring is 1. The smallest absolute Gasteiger partial charge is 0.142 e. The van der Waals surface area contributed by atoms with Gasteiger partial charge in [0.1, 0.15) is 23.2 Å². The van der Waals surface area contributed by atoms with Gasteiger partial charge in [0.15, 0.2) is 0 Å². The van der Waals surface area contributed by atoms with Crippen molar-refractivity contribution in [1.82, 2.24) is 4.98 Å². The summed E-state index contributed by atoms with van der Waals surface area (Å²) >= 11 is 0. The fourth-order valence-corrected chi connectivity index (χ4v) is 2.63. The second-order valence-electron chi connectivity index (χ2n) is 4.88. The summed E-state index contributed by atoms with van der Waals surface area (Å²) in [5.41, 5.74) is 9.87. The van der Waals surface area contributed by atoms with Crippen LogP contribution in [0, 0.1) is 11.3 Å². The van der Waals surface area contributed by atoms with Crippen LogP contribution in [0.2, 0.25) is 0 Å². The molecule has 0 spiro atoms. The Bertz CT molecular complexity index is 831. The van der Waals surface area contributed by atoms with E-state index in [4.69, 9.17) is 10.2 Å². The molecular weight excluding hydrogens is 274 g/mol. The molecule has 0 unspecified atom stereocenters. The monoisotopic (exact) mass is 289 g/mol. The minimum Gasteiger partial charge on any atom is -0.464 e. The van der Waals surface area contributed by atoms with E-state index in [2.05, 4.69) is 11.1 Å². The Morgan fingerprint density at radius 2 is 1.95 bits per heavy atom. The topological polar surface area (TPSA) is 75.8 Å². The Kier molecular flexibility index (Phi) is 3.63. The molecule has 2 heterocycles. The summed E-state index contributed by atoms with van der Waals surface area (Å²) in [5, 5.41) is 9.47. The fraction of sp³-hybridized carbons (Fsp3) is 0.111. The second kappa shape index (κ2) is 5.74. The summed E-state index contributed by atoms with van der Waals surface area (Å²) in [7, 11) is 0. The minimum atomic E-state index is 0.227. The van der Waals surface area contributed by atoms with Crippen LogP contribution < -0.4 is 5.73 Å². The highest BCUT2D eigenvalue weighted by atomic mass is 16.3. The summed E-state index contributed by atoms with van der Waals surface area (Å²) < 4.78 is 5.52. The van der Waals surface area contributed by atoms with Gasteiger partial charge in [0.25, 0.3) is 0 Å². The first-order chi connectivity index (χ1) is 10.8. The molecule has 0 atom stereocenters. The van der Waals surface area contributed by atoms with Gasteiger partial charge in [0.2, 0.25) is 0 Å². The molecule has 0 bridgehead atoms. The van der Waals surface area contributed by atoms with E-state index in [1.165, 1.54) is 0 Å². The van der Waals surface area contributed by atoms with Crippen LogP contribution in [0.3, 0.4) is 0 Å². The van der Waals surface area contributed by atoms with Gasteiger partial charge in [-0.2, -0.15) is 5.26 Å². The fourth-order valence-electron chi connectivity index (χ4n) is 2.63. The van der Waals surface area contributed by atoms with Crippen molar-refractivity contribution in [1.29, 1.82) is 5.26 Å². The molecule has 0 saturated carbocycles. The van der Waals surface area contributed by atoms with Gasteiger partial charge in [-0.05, 0) is 24.1 Å². The Morgan fingerprint density at radius 3 is 2.55 bits per heavy atom. The molecular formula is C18H15N3O. The van der Waals surface area contributed by atoms with Gasteiger partial charge in [-0.25, -0.2) is 4.98 Å². The summed E-state index contributed by atoms with van der Waals surface area (Å²) in [5.74, 6) is 0.865. The first-order valence-corrected chi connectivity index (χ1v) is 7.08. The van der Waals surface area contributed by atoms with E-state index in [1.54, 1.807) is 12.3 Å². The molecule has 3 rings (SSSR count). The number of benzene rings is 1. The number of nitriles is 1. The van der Waals surface area contributed by atoms with Crippen molar-refractivity contribution in [3.05, 3.63) is 59.9 Å². The van der Waals surface area contributed by atoms with Crippen LogP contribution in [0.1, 0.15) is 18.1 Å². The third kappa shape index (κ3) is 2.23. The normalized spacial score (nSPS) is 10.4. The highest BCUT2D eigenvalue weighted by molar-refractivity contribution is 5.82. The molecule has 2 N–H and O–H groups in total. The van der Waals surface area contributed by atoms with Crippen LogP contribution in [0.15, 0.2) is 53.1 Å². The van der Waals surface area contributed by atoms with E-state index in [9.17, 15) is 5.26 Å². The summed E-state index contributed by atoms with van der Waals surface area (Å²) in [6, 6.07) is 15.6. The molecule has 0 aliphatic carbocycles. The first kappa shape index (κ1) is 13.9. The van der Waals surface area contributed by atoms with Crippen molar-refractivity contribution in [2.45, 2.75) is 13.3 Å². The highest BCUT2D eigenvalue weighted by Crippen LogP contribution is 2.36. The number of aromatic nitrogens is 1. The number of hydrogen-bond donors (Lipinski definition) is 1. The maximum atomic E-state index is 9.47. The lowest BCUT2D eigenvalue weighted by atomic mass is 9.94. The molecule has 108 valence electrons. The summed E-state index contributed by atoms with van der Waals surface area (Å²) in [6.07, 6.45) is 2.32. The van der Waals surface area contributed by atoms with Crippen molar-refractivity contribution in [2.24, 2.45) is 0 Å². The number of nitrogens with zero attached hydrogens (tertiary/aromatic N) is 2. The van der Waals surface area contributed by atoms with Gasteiger partial charge >= 0.3 is 0 Å². The average Bonchev–Trinajstić information content (AvgIpc) is 3.08. The first-order valence-electron chi connectivity index (χ1n) is 7.08. The predicted octanol–water partition coefficient (Wildman–Crippen LogP) is 4.02. The standard InChI is InChI=1S/C18H15N3O/c1-2-13-16(15-9-6-10-22-15)14(11-19)18(20)21-17(13)12-7-4-3-5-8-12/h3-10H,2H2,1H3,(H2,20,21). The molecule has 0 aliphatic heterocycles. The molecule has 2 aromatic heterocycles. The van der Waals surface area contributed by atoms with Crippen molar-refractivity contribution in [3.8, 4) is 28.7 Å². The maximum Gasteiger partial charge on any atom is 0.142 e. The van der Waals surface area contributed by atoms with Crippen LogP contribution in [0.25, 0.3) is 22.6 Å². The van der Waals surface area contributed by atoms with Gasteiger partial charge in [-0.3, -0.25) is 0 Å². The molecule has 0 radical (unpaired) electrons. The zero-order chi connectivity index (χ0) is 15.5. The maximum absolute atomic E-state index is 9.47. The zero-order valence-electron chi connectivity index (χ0n) is 12.2. The van der Waals surface area contributed by atoms with Crippen molar-refractivity contribution >= 4 is 5.82 Å². The van der Waals surface area contributed by atoms with E-state index < -0.39 is 0 Å². The summed E-state index contributed by atoms with van der Waals surface area (Å²) in [4.78, 5) is 4.47. The van der Waals surface area contributed by atoms with E-state index in [1.807, 2.05) is 43.3 Å². The number of furan rings is 1. The third-order valence-electron chi connectivity index (χ3n) is 3.61. The third-order valence-corrected chi connectivity index (χ3v) is 3.61. The van der Waals surface area contributed by atoms with Crippen LogP contribution in [0.4, 0.5) is 5.82 Å². The number of hydrogen-bond acceptors (Lipinski definition) is 4. The Morgan fingerprint density at radius 1 is 1.18 bits per heavy atom. The Hall–Kier alpha value is -3.06. The number of anilines is 1. The van der Waals surface area contributed by atoms with Crippen LogP contribution in [-0.2, 0) is 6.42 Å². The average molecular weight is 289 g/mol. The van der Waals surface area contributed by atoms with Crippen LogP contribution in [0.5, 0.6) is 0 Å². The quantitative estimate of drug-likeness (QED) is 0.790. The van der Waals surface area contributed by atoms with Crippen molar-refractivity contribution < 1.29 is 4.42 Å². The van der Waals surface area contributed by atoms with Gasteiger partial charge in [0.05, 0.1) is 12.0 Å². The minimum absolute atomic E-state index is 0.227. The number of nitrogens with two attached hydrogens (primary N) is 1. The molecule has 4 nitrogen and oxygen atoms in total. The SMILES string of the molecule is CCc1c(-c2ccccc2)nc(N)c(C#N)c1-c1ccco1. The lowest BCUT2D eigenvalue weighted by molar-refractivity contribution is 0.581. The molecule has 0 amide bonds. The molecule has 22 heavy (non-hydrogen) atoms. The van der Waals surface area contributed by atoms with Gasteiger partial charge < -0.3 is 10.2 Å². The molecule has 4 heteroatoms. The molecule has 1 aromatic carbocycles. The Labute approximate surface area is 128 Å². The van der Waals surface area contributed by atoms with Crippen molar-refractivity contribution in [3.63, 3.8) is 0 Å². The van der Waals surface area contributed by atoms with Crippen LogP contribution >= 0.6 is 0 Å². The molecule has 0 aliphatic rings. The zero-order valence-corrected chi connectivity index (χ0v) is 12.2. The van der Waals surface area contributed by atoms with E-state index in [0.717, 1.165) is 28.8 Å². The number of pyridine rings is 1. The van der Waals surface area contributed by atoms with Crippen molar-refractivity contribution in [2.75, 3.05) is 5.73 Å². The predicted molar refractivity (Wildman–Crippen MR) is 85.9 cm³/mol. The van der Waals surface area contributed by atoms with Gasteiger partial charge in [-0.15, -0.1) is 0 Å². The Balaban J connectivity index is 2.37. The molecule has 0 fully saturated rings. The summed E-state index contributed by atoms with van der Waals surface area (Å²) in [6.45, 7) is 2.03. The van der Waals surface area contributed by atoms with Gasteiger partial charge in [-0.1, -0.05) is 37.3 Å². The molecule has 3 aromatic rings. The van der Waals surface area contributed by atoms with E-state index >= 15 is 0 Å². The highest BCUT2D eigenvalue weighted by Gasteiger charge is 2.21. The number of rotatable bonds is 3. The van der Waals surface area contributed by atoms with E-state index in [0.29, 0.717) is 11.3 Å². The second-order valence-corrected chi connectivity index (χ2v) is 4.88. The largest absolute Gasteiger partial charge is 0.464 e.